The van der Waals surface area contributed by atoms with E-state index in [0.717, 1.165) is 0 Å². The molecule has 0 aromatic heterocycles. The van der Waals surface area contributed by atoms with Crippen molar-refractivity contribution < 1.29 is 19.1 Å². The predicted molar refractivity (Wildman–Crippen MR) is 41.8 cm³/mol. The SMILES string of the molecule is CC(=O)OC=CC=COC(C)=O. The van der Waals surface area contributed by atoms with E-state index in [1.807, 2.05) is 0 Å². The molecule has 0 amide bonds. The van der Waals surface area contributed by atoms with Gasteiger partial charge < -0.3 is 9.47 Å². The van der Waals surface area contributed by atoms with Crippen LogP contribution >= 0.6 is 0 Å². The van der Waals surface area contributed by atoms with Crippen LogP contribution in [-0.4, -0.2) is 11.9 Å². The van der Waals surface area contributed by atoms with Gasteiger partial charge >= 0.3 is 11.9 Å². The molecule has 0 saturated heterocycles. The van der Waals surface area contributed by atoms with E-state index in [0.29, 0.717) is 0 Å². The first kappa shape index (κ1) is 10.4. The molecule has 4 heteroatoms. The van der Waals surface area contributed by atoms with Crippen molar-refractivity contribution in [2.45, 2.75) is 13.8 Å². The highest BCUT2D eigenvalue weighted by molar-refractivity contribution is 5.67. The van der Waals surface area contributed by atoms with Gasteiger partial charge in [-0.25, -0.2) is 0 Å². The van der Waals surface area contributed by atoms with Gasteiger partial charge in [0.15, 0.2) is 0 Å². The molecule has 0 unspecified atom stereocenters. The molecule has 0 aliphatic rings. The summed E-state index contributed by atoms with van der Waals surface area (Å²) in [7, 11) is 0. The molecule has 0 heterocycles. The molecule has 0 rings (SSSR count). The number of rotatable bonds is 3. The molecule has 0 radical (unpaired) electrons. The average Bonchev–Trinajstić information content (AvgIpc) is 1.95. The van der Waals surface area contributed by atoms with E-state index in [2.05, 4.69) is 9.47 Å². The second kappa shape index (κ2) is 6.15. The van der Waals surface area contributed by atoms with Crippen LogP contribution < -0.4 is 0 Å². The largest absolute Gasteiger partial charge is 0.435 e. The average molecular weight is 170 g/mol. The van der Waals surface area contributed by atoms with Gasteiger partial charge in [-0.15, -0.1) is 0 Å². The zero-order chi connectivity index (χ0) is 9.40. The summed E-state index contributed by atoms with van der Waals surface area (Å²) in [6.45, 7) is 2.58. The quantitative estimate of drug-likeness (QED) is 0.362. The molecule has 0 aromatic carbocycles. The Morgan fingerprint density at radius 3 is 1.50 bits per heavy atom. The normalized spacial score (nSPS) is 10.5. The van der Waals surface area contributed by atoms with Crippen molar-refractivity contribution in [3.8, 4) is 0 Å². The first-order valence-corrected chi connectivity index (χ1v) is 3.29. The van der Waals surface area contributed by atoms with Crippen LogP contribution in [0.2, 0.25) is 0 Å². The molecule has 0 fully saturated rings. The second-order valence-electron chi connectivity index (χ2n) is 1.88. The Morgan fingerprint density at radius 1 is 0.917 bits per heavy atom. The highest BCUT2D eigenvalue weighted by atomic mass is 16.5. The van der Waals surface area contributed by atoms with Crippen LogP contribution in [0.1, 0.15) is 13.8 Å². The molecule has 0 saturated carbocycles. The highest BCUT2D eigenvalue weighted by Crippen LogP contribution is 1.83. The van der Waals surface area contributed by atoms with Crippen LogP contribution in [0.3, 0.4) is 0 Å². The lowest BCUT2D eigenvalue weighted by Crippen LogP contribution is -1.89. The van der Waals surface area contributed by atoms with E-state index < -0.39 is 11.9 Å². The first-order valence-electron chi connectivity index (χ1n) is 3.29. The minimum absolute atomic E-state index is 0.396. The van der Waals surface area contributed by atoms with E-state index in [9.17, 15) is 9.59 Å². The number of carbonyl (C=O) groups is 2. The van der Waals surface area contributed by atoms with Crippen LogP contribution in [-0.2, 0) is 19.1 Å². The fourth-order valence-electron chi connectivity index (χ4n) is 0.361. The van der Waals surface area contributed by atoms with Gasteiger partial charge in [0, 0.05) is 13.8 Å². The van der Waals surface area contributed by atoms with E-state index in [1.54, 1.807) is 0 Å². The summed E-state index contributed by atoms with van der Waals surface area (Å²) < 4.78 is 8.88. The molecule has 0 spiro atoms. The molecule has 0 N–H and O–H groups in total. The monoisotopic (exact) mass is 170 g/mol. The van der Waals surface area contributed by atoms with Gasteiger partial charge in [-0.05, 0) is 12.2 Å². The summed E-state index contributed by atoms with van der Waals surface area (Å²) in [5.41, 5.74) is 0. The Morgan fingerprint density at radius 2 is 1.25 bits per heavy atom. The summed E-state index contributed by atoms with van der Waals surface area (Å²) >= 11 is 0. The number of hydrogen-bond acceptors (Lipinski definition) is 4. The molecule has 0 atom stereocenters. The first-order chi connectivity index (χ1) is 5.63. The third-order valence-electron chi connectivity index (χ3n) is 0.736. The van der Waals surface area contributed by atoms with Gasteiger partial charge in [0.05, 0.1) is 12.5 Å². The number of hydrogen-bond donors (Lipinski definition) is 0. The number of esters is 2. The molecule has 0 aliphatic carbocycles. The summed E-state index contributed by atoms with van der Waals surface area (Å²) in [5, 5.41) is 0. The van der Waals surface area contributed by atoms with Gasteiger partial charge in [-0.1, -0.05) is 0 Å². The smallest absolute Gasteiger partial charge is 0.307 e. The van der Waals surface area contributed by atoms with Gasteiger partial charge in [0.1, 0.15) is 0 Å². The molecule has 0 aromatic rings. The minimum atomic E-state index is -0.396. The molecular weight excluding hydrogens is 160 g/mol. The number of ether oxygens (including phenoxy) is 2. The Labute approximate surface area is 70.5 Å². The Bertz CT molecular complexity index is 191. The summed E-state index contributed by atoms with van der Waals surface area (Å²) in [5.74, 6) is -0.792. The van der Waals surface area contributed by atoms with Crippen molar-refractivity contribution in [1.29, 1.82) is 0 Å². The zero-order valence-corrected chi connectivity index (χ0v) is 6.94. The van der Waals surface area contributed by atoms with Crippen LogP contribution in [0.4, 0.5) is 0 Å². The van der Waals surface area contributed by atoms with E-state index in [-0.39, 0.29) is 0 Å². The minimum Gasteiger partial charge on any atom is -0.435 e. The van der Waals surface area contributed by atoms with Crippen LogP contribution in [0.15, 0.2) is 24.7 Å². The maximum absolute atomic E-state index is 10.2. The number of carbonyl (C=O) groups excluding carboxylic acids is 2. The Kier molecular flexibility index (Phi) is 5.34. The van der Waals surface area contributed by atoms with Crippen molar-refractivity contribution in [2.24, 2.45) is 0 Å². The fraction of sp³-hybridized carbons (Fsp3) is 0.250. The van der Waals surface area contributed by atoms with Crippen LogP contribution in [0.25, 0.3) is 0 Å². The third-order valence-corrected chi connectivity index (χ3v) is 0.736. The van der Waals surface area contributed by atoms with Gasteiger partial charge in [-0.3, -0.25) is 9.59 Å². The lowest BCUT2D eigenvalue weighted by atomic mass is 10.6. The summed E-state index contributed by atoms with van der Waals surface area (Å²) in [4.78, 5) is 20.4. The maximum atomic E-state index is 10.2. The van der Waals surface area contributed by atoms with E-state index in [4.69, 9.17) is 0 Å². The maximum Gasteiger partial charge on any atom is 0.307 e. The lowest BCUT2D eigenvalue weighted by molar-refractivity contribution is -0.136. The standard InChI is InChI=1S/C8H10O4/c1-7(9)11-5-3-4-6-12-8(2)10/h3-6H,1-2H3. The highest BCUT2D eigenvalue weighted by Gasteiger charge is 1.83. The van der Waals surface area contributed by atoms with Gasteiger partial charge in [0.25, 0.3) is 0 Å². The molecule has 4 nitrogen and oxygen atoms in total. The van der Waals surface area contributed by atoms with Crippen molar-refractivity contribution in [1.82, 2.24) is 0 Å². The second-order valence-corrected chi connectivity index (χ2v) is 1.88. The molecule has 0 aliphatic heterocycles. The van der Waals surface area contributed by atoms with E-state index >= 15 is 0 Å². The van der Waals surface area contributed by atoms with E-state index in [1.165, 1.54) is 38.5 Å². The molecule has 12 heavy (non-hydrogen) atoms. The molecule has 0 bridgehead atoms. The Balaban J connectivity index is 3.52. The zero-order valence-electron chi connectivity index (χ0n) is 6.94. The predicted octanol–water partition coefficient (Wildman–Crippen LogP) is 1.14. The number of allylic oxidation sites excluding steroid dienone is 2. The molecule has 66 valence electrons. The van der Waals surface area contributed by atoms with Crippen LogP contribution in [0.5, 0.6) is 0 Å². The van der Waals surface area contributed by atoms with Crippen molar-refractivity contribution in [3.05, 3.63) is 24.7 Å². The summed E-state index contributed by atoms with van der Waals surface area (Å²) in [6.07, 6.45) is 5.26. The fourth-order valence-corrected chi connectivity index (χ4v) is 0.361. The Hall–Kier alpha value is -1.58. The topological polar surface area (TPSA) is 52.6 Å². The lowest BCUT2D eigenvalue weighted by Gasteiger charge is -1.88. The van der Waals surface area contributed by atoms with Gasteiger partial charge in [0.2, 0.25) is 0 Å². The third kappa shape index (κ3) is 8.42. The van der Waals surface area contributed by atoms with Crippen molar-refractivity contribution >= 4 is 11.9 Å². The molecular formula is C8H10O4. The van der Waals surface area contributed by atoms with Gasteiger partial charge in [-0.2, -0.15) is 0 Å². The van der Waals surface area contributed by atoms with Crippen molar-refractivity contribution in [3.63, 3.8) is 0 Å². The summed E-state index contributed by atoms with van der Waals surface area (Å²) in [6, 6.07) is 0. The van der Waals surface area contributed by atoms with Crippen molar-refractivity contribution in [2.75, 3.05) is 0 Å². The van der Waals surface area contributed by atoms with Crippen LogP contribution in [0, 0.1) is 0 Å².